The summed E-state index contributed by atoms with van der Waals surface area (Å²) in [5.74, 6) is -1.29. The summed E-state index contributed by atoms with van der Waals surface area (Å²) in [6, 6.07) is 3.72. The third-order valence-electron chi connectivity index (χ3n) is 3.01. The summed E-state index contributed by atoms with van der Waals surface area (Å²) in [7, 11) is 1.35. The normalized spacial score (nSPS) is 11.3. The fourth-order valence-electron chi connectivity index (χ4n) is 1.73. The average Bonchev–Trinajstić information content (AvgIpc) is 2.52. The Bertz CT molecular complexity index is 657. The maximum absolute atomic E-state index is 12.1. The number of ketones is 1. The maximum Gasteiger partial charge on any atom is 0.307 e. The van der Waals surface area contributed by atoms with E-state index >= 15 is 0 Å². The molecule has 1 rings (SSSR count). The lowest BCUT2D eigenvalue weighted by molar-refractivity contribution is -0.384. The number of nitrogens with one attached hydrogen (secondary N) is 1. The van der Waals surface area contributed by atoms with Gasteiger partial charge >= 0.3 is 5.97 Å². The monoisotopic (exact) mass is 338 g/mol. The number of non-ortho nitro benzene ring substituents is 1. The van der Waals surface area contributed by atoms with Crippen LogP contribution in [0.3, 0.4) is 0 Å². The van der Waals surface area contributed by atoms with E-state index in [1.54, 1.807) is 0 Å². The number of rotatable bonds is 8. The standard InChI is InChI=1S/C15H18N2O7/c1-9(18)4-7-14(19)24-10(2)15(20)16-12-8-11(17(21)22)5-6-13(12)23-3/h5-6,8,10H,4,7H2,1-3H3,(H,16,20)/t10-/m1/s1. The Labute approximate surface area is 138 Å². The lowest BCUT2D eigenvalue weighted by Gasteiger charge is -2.15. The van der Waals surface area contributed by atoms with E-state index in [-0.39, 0.29) is 35.7 Å². The Morgan fingerprint density at radius 1 is 1.29 bits per heavy atom. The van der Waals surface area contributed by atoms with Crippen molar-refractivity contribution >= 4 is 29.0 Å². The van der Waals surface area contributed by atoms with Crippen molar-refractivity contribution in [1.82, 2.24) is 0 Å². The summed E-state index contributed by atoms with van der Waals surface area (Å²) < 4.78 is 9.93. The fraction of sp³-hybridized carbons (Fsp3) is 0.400. The van der Waals surface area contributed by atoms with Gasteiger partial charge in [0, 0.05) is 18.6 Å². The van der Waals surface area contributed by atoms with Crippen LogP contribution in [0.4, 0.5) is 11.4 Å². The third kappa shape index (κ3) is 5.67. The number of anilines is 1. The molecule has 0 unspecified atom stereocenters. The SMILES string of the molecule is COc1ccc([N+](=O)[O-])cc1NC(=O)[C@@H](C)OC(=O)CCC(C)=O. The van der Waals surface area contributed by atoms with Crippen LogP contribution in [-0.4, -0.2) is 35.8 Å². The van der Waals surface area contributed by atoms with Gasteiger partial charge in [-0.2, -0.15) is 0 Å². The van der Waals surface area contributed by atoms with E-state index in [2.05, 4.69) is 5.32 Å². The minimum atomic E-state index is -1.13. The van der Waals surface area contributed by atoms with Gasteiger partial charge in [-0.05, 0) is 19.9 Å². The first-order chi connectivity index (χ1) is 11.2. The summed E-state index contributed by atoms with van der Waals surface area (Å²) >= 11 is 0. The number of nitro benzene ring substituents is 1. The number of hydrogen-bond donors (Lipinski definition) is 1. The van der Waals surface area contributed by atoms with E-state index < -0.39 is 22.9 Å². The van der Waals surface area contributed by atoms with Crippen molar-refractivity contribution in [2.45, 2.75) is 32.8 Å². The Balaban J connectivity index is 2.75. The number of nitrogens with zero attached hydrogens (tertiary/aromatic N) is 1. The number of Topliss-reactive ketones (excluding diaryl/α,β-unsaturated/α-hetero) is 1. The van der Waals surface area contributed by atoms with E-state index in [1.807, 2.05) is 0 Å². The molecule has 0 aliphatic heterocycles. The van der Waals surface area contributed by atoms with Gasteiger partial charge < -0.3 is 19.6 Å². The smallest absolute Gasteiger partial charge is 0.307 e. The predicted molar refractivity (Wildman–Crippen MR) is 83.7 cm³/mol. The zero-order valence-electron chi connectivity index (χ0n) is 13.5. The van der Waals surface area contributed by atoms with Gasteiger partial charge in [-0.15, -0.1) is 0 Å². The molecule has 9 nitrogen and oxygen atoms in total. The van der Waals surface area contributed by atoms with Crippen molar-refractivity contribution in [2.75, 3.05) is 12.4 Å². The van der Waals surface area contributed by atoms with Gasteiger partial charge in [-0.1, -0.05) is 0 Å². The van der Waals surface area contributed by atoms with Gasteiger partial charge in [-0.3, -0.25) is 19.7 Å². The van der Waals surface area contributed by atoms with Crippen molar-refractivity contribution in [3.63, 3.8) is 0 Å². The molecule has 0 spiro atoms. The molecule has 0 saturated heterocycles. The molecule has 24 heavy (non-hydrogen) atoms. The number of methoxy groups -OCH3 is 1. The number of benzene rings is 1. The molecule has 1 amide bonds. The molecule has 0 aromatic heterocycles. The first-order valence-electron chi connectivity index (χ1n) is 7.06. The van der Waals surface area contributed by atoms with Gasteiger partial charge in [0.25, 0.3) is 11.6 Å². The number of hydrogen-bond acceptors (Lipinski definition) is 7. The van der Waals surface area contributed by atoms with Crippen LogP contribution >= 0.6 is 0 Å². The maximum atomic E-state index is 12.1. The second-order valence-corrected chi connectivity index (χ2v) is 4.97. The number of carbonyl (C=O) groups is 3. The molecular weight excluding hydrogens is 320 g/mol. The van der Waals surface area contributed by atoms with Crippen molar-refractivity contribution < 1.29 is 28.8 Å². The Morgan fingerprint density at radius 2 is 1.96 bits per heavy atom. The molecule has 0 saturated carbocycles. The summed E-state index contributed by atoms with van der Waals surface area (Å²) in [4.78, 5) is 44.6. The number of amides is 1. The molecule has 9 heteroatoms. The fourth-order valence-corrected chi connectivity index (χ4v) is 1.73. The molecule has 0 fully saturated rings. The first-order valence-corrected chi connectivity index (χ1v) is 7.06. The predicted octanol–water partition coefficient (Wildman–Crippen LogP) is 1.84. The van der Waals surface area contributed by atoms with Crippen LogP contribution in [0.2, 0.25) is 0 Å². The molecule has 1 aromatic carbocycles. The van der Waals surface area contributed by atoms with Crippen molar-refractivity contribution in [2.24, 2.45) is 0 Å². The second kappa shape index (κ2) is 8.61. The summed E-state index contributed by atoms with van der Waals surface area (Å²) in [5.41, 5.74) is -0.138. The summed E-state index contributed by atoms with van der Waals surface area (Å²) in [6.07, 6.45) is -1.22. The van der Waals surface area contributed by atoms with Crippen molar-refractivity contribution in [3.05, 3.63) is 28.3 Å². The van der Waals surface area contributed by atoms with Crippen LogP contribution in [0.5, 0.6) is 5.75 Å². The van der Waals surface area contributed by atoms with Gasteiger partial charge in [0.1, 0.15) is 11.5 Å². The van der Waals surface area contributed by atoms with E-state index in [9.17, 15) is 24.5 Å². The first kappa shape index (κ1) is 19.1. The van der Waals surface area contributed by atoms with Gasteiger partial charge in [0.05, 0.1) is 24.1 Å². The number of nitro groups is 1. The average molecular weight is 338 g/mol. The highest BCUT2D eigenvalue weighted by Crippen LogP contribution is 2.29. The van der Waals surface area contributed by atoms with E-state index in [0.717, 1.165) is 6.07 Å². The largest absolute Gasteiger partial charge is 0.495 e. The topological polar surface area (TPSA) is 125 Å². The summed E-state index contributed by atoms with van der Waals surface area (Å²) in [5, 5.41) is 13.2. The molecule has 1 atom stereocenters. The Kier molecular flexibility index (Phi) is 6.84. The molecule has 0 radical (unpaired) electrons. The van der Waals surface area contributed by atoms with Crippen LogP contribution in [0.15, 0.2) is 18.2 Å². The molecule has 0 heterocycles. The minimum absolute atomic E-state index is 0.0336. The van der Waals surface area contributed by atoms with E-state index in [1.165, 1.54) is 33.1 Å². The van der Waals surface area contributed by atoms with Crippen LogP contribution in [-0.2, 0) is 19.1 Å². The van der Waals surface area contributed by atoms with Crippen LogP contribution in [0.25, 0.3) is 0 Å². The van der Waals surface area contributed by atoms with Crippen LogP contribution < -0.4 is 10.1 Å². The Hall–Kier alpha value is -2.97. The van der Waals surface area contributed by atoms with Crippen LogP contribution in [0, 0.1) is 10.1 Å². The number of ether oxygens (including phenoxy) is 2. The van der Waals surface area contributed by atoms with E-state index in [4.69, 9.17) is 9.47 Å². The highest BCUT2D eigenvalue weighted by atomic mass is 16.6. The molecule has 1 aromatic rings. The van der Waals surface area contributed by atoms with Gasteiger partial charge in [0.15, 0.2) is 6.10 Å². The molecule has 130 valence electrons. The summed E-state index contributed by atoms with van der Waals surface area (Å²) in [6.45, 7) is 2.70. The number of carbonyl (C=O) groups excluding carboxylic acids is 3. The number of esters is 1. The highest BCUT2D eigenvalue weighted by molar-refractivity contribution is 5.96. The molecule has 1 N–H and O–H groups in total. The molecule has 0 aliphatic rings. The quantitative estimate of drug-likeness (QED) is 0.435. The minimum Gasteiger partial charge on any atom is -0.495 e. The van der Waals surface area contributed by atoms with Gasteiger partial charge in [-0.25, -0.2) is 0 Å². The molecular formula is C15H18N2O7. The molecule has 0 aliphatic carbocycles. The van der Waals surface area contributed by atoms with Gasteiger partial charge in [0.2, 0.25) is 0 Å². The lowest BCUT2D eigenvalue weighted by Crippen LogP contribution is -2.30. The molecule has 0 bridgehead atoms. The third-order valence-corrected chi connectivity index (χ3v) is 3.01. The zero-order chi connectivity index (χ0) is 18.3. The van der Waals surface area contributed by atoms with Crippen LogP contribution in [0.1, 0.15) is 26.7 Å². The second-order valence-electron chi connectivity index (χ2n) is 4.97. The van der Waals surface area contributed by atoms with E-state index in [0.29, 0.717) is 0 Å². The zero-order valence-corrected chi connectivity index (χ0v) is 13.5. The van der Waals surface area contributed by atoms with Crippen molar-refractivity contribution in [3.8, 4) is 5.75 Å². The highest BCUT2D eigenvalue weighted by Gasteiger charge is 2.20. The Morgan fingerprint density at radius 3 is 2.50 bits per heavy atom. The lowest BCUT2D eigenvalue weighted by atomic mass is 10.2. The van der Waals surface area contributed by atoms with Crippen molar-refractivity contribution in [1.29, 1.82) is 0 Å².